The first-order valence-corrected chi connectivity index (χ1v) is 6.21. The van der Waals surface area contributed by atoms with Crippen LogP contribution in [0, 0.1) is 10.1 Å². The Morgan fingerprint density at radius 2 is 1.71 bits per heavy atom. The highest BCUT2D eigenvalue weighted by Crippen LogP contribution is 2.32. The van der Waals surface area contributed by atoms with Crippen LogP contribution in [0.1, 0.15) is 17.2 Å². The molecule has 2 aromatic rings. The minimum Gasteiger partial charge on any atom is -0.493 e. The van der Waals surface area contributed by atoms with Crippen molar-refractivity contribution in [1.82, 2.24) is 0 Å². The van der Waals surface area contributed by atoms with Crippen LogP contribution in [0.25, 0.3) is 0 Å². The number of ether oxygens (including phenoxy) is 2. The van der Waals surface area contributed by atoms with Gasteiger partial charge in [-0.15, -0.1) is 0 Å². The third-order valence-corrected chi connectivity index (χ3v) is 3.12. The van der Waals surface area contributed by atoms with Gasteiger partial charge in [0.1, 0.15) is 6.10 Å². The molecule has 110 valence electrons. The van der Waals surface area contributed by atoms with Crippen molar-refractivity contribution in [2.75, 3.05) is 14.2 Å². The molecular weight excluding hydrogens is 274 g/mol. The average Bonchev–Trinajstić information content (AvgIpc) is 2.53. The maximum absolute atomic E-state index is 10.8. The molecule has 0 unspecified atom stereocenters. The van der Waals surface area contributed by atoms with Crippen LogP contribution in [0.15, 0.2) is 42.5 Å². The van der Waals surface area contributed by atoms with Crippen LogP contribution >= 0.6 is 0 Å². The van der Waals surface area contributed by atoms with Crippen molar-refractivity contribution >= 4 is 5.69 Å². The Hall–Kier alpha value is -2.60. The third-order valence-electron chi connectivity index (χ3n) is 3.12. The Morgan fingerprint density at radius 1 is 1.05 bits per heavy atom. The van der Waals surface area contributed by atoms with E-state index in [4.69, 9.17) is 9.47 Å². The van der Waals surface area contributed by atoms with Gasteiger partial charge in [0.2, 0.25) is 0 Å². The van der Waals surface area contributed by atoms with Crippen molar-refractivity contribution in [3.8, 4) is 11.5 Å². The van der Waals surface area contributed by atoms with Gasteiger partial charge in [-0.3, -0.25) is 10.1 Å². The zero-order valence-corrected chi connectivity index (χ0v) is 11.6. The molecule has 2 rings (SSSR count). The van der Waals surface area contributed by atoms with Crippen LogP contribution in [0.4, 0.5) is 5.69 Å². The quantitative estimate of drug-likeness (QED) is 0.676. The predicted molar refractivity (Wildman–Crippen MR) is 76.7 cm³/mol. The van der Waals surface area contributed by atoms with Crippen LogP contribution < -0.4 is 9.47 Å². The van der Waals surface area contributed by atoms with E-state index >= 15 is 0 Å². The van der Waals surface area contributed by atoms with Crippen molar-refractivity contribution in [3.05, 3.63) is 63.7 Å². The van der Waals surface area contributed by atoms with Crippen LogP contribution in [-0.4, -0.2) is 24.2 Å². The van der Waals surface area contributed by atoms with Gasteiger partial charge in [-0.25, -0.2) is 0 Å². The summed E-state index contributed by atoms with van der Waals surface area (Å²) < 4.78 is 10.3. The Morgan fingerprint density at radius 3 is 2.33 bits per heavy atom. The fourth-order valence-corrected chi connectivity index (χ4v) is 2.02. The Bertz CT molecular complexity index is 656. The molecule has 2 aromatic carbocycles. The minimum atomic E-state index is -0.982. The number of methoxy groups -OCH3 is 2. The maximum Gasteiger partial charge on any atom is 0.269 e. The fraction of sp³-hybridized carbons (Fsp3) is 0.200. The molecule has 0 bridgehead atoms. The summed E-state index contributed by atoms with van der Waals surface area (Å²) in [5.74, 6) is 1.03. The zero-order chi connectivity index (χ0) is 15.4. The summed E-state index contributed by atoms with van der Waals surface area (Å²) in [4.78, 5) is 10.3. The average molecular weight is 289 g/mol. The van der Waals surface area contributed by atoms with Crippen molar-refractivity contribution in [2.45, 2.75) is 6.10 Å². The van der Waals surface area contributed by atoms with Crippen molar-refractivity contribution < 1.29 is 19.5 Å². The standard InChI is InChI=1S/C15H15NO5/c1-20-13-7-6-11(9-14(13)21-2)15(17)10-4-3-5-12(8-10)16(18)19/h3-9,15,17H,1-2H3/t15-/m0/s1. The number of rotatable bonds is 5. The molecule has 0 aliphatic heterocycles. The predicted octanol–water partition coefficient (Wildman–Crippen LogP) is 2.69. The number of hydrogen-bond donors (Lipinski definition) is 1. The second-order valence-corrected chi connectivity index (χ2v) is 4.37. The third kappa shape index (κ3) is 3.11. The summed E-state index contributed by atoms with van der Waals surface area (Å²) in [6.45, 7) is 0. The molecule has 0 saturated heterocycles. The van der Waals surface area contributed by atoms with E-state index in [1.165, 1.54) is 32.4 Å². The summed E-state index contributed by atoms with van der Waals surface area (Å²) in [6.07, 6.45) is -0.982. The normalized spacial score (nSPS) is 11.8. The molecule has 0 spiro atoms. The zero-order valence-electron chi connectivity index (χ0n) is 11.6. The molecule has 0 aliphatic carbocycles. The largest absolute Gasteiger partial charge is 0.493 e. The summed E-state index contributed by atoms with van der Waals surface area (Å²) in [5, 5.41) is 21.1. The highest BCUT2D eigenvalue weighted by Gasteiger charge is 2.16. The molecule has 1 N–H and O–H groups in total. The molecule has 0 amide bonds. The van der Waals surface area contributed by atoms with Crippen molar-refractivity contribution in [1.29, 1.82) is 0 Å². The van der Waals surface area contributed by atoms with E-state index in [0.717, 1.165) is 0 Å². The number of aliphatic hydroxyl groups is 1. The number of nitrogens with zero attached hydrogens (tertiary/aromatic N) is 1. The second-order valence-electron chi connectivity index (χ2n) is 4.37. The molecule has 0 heterocycles. The van der Waals surface area contributed by atoms with Gasteiger partial charge in [-0.1, -0.05) is 18.2 Å². The van der Waals surface area contributed by atoms with Crippen LogP contribution in [0.2, 0.25) is 0 Å². The monoisotopic (exact) mass is 289 g/mol. The fourth-order valence-electron chi connectivity index (χ4n) is 2.02. The van der Waals surface area contributed by atoms with Gasteiger partial charge >= 0.3 is 0 Å². The lowest BCUT2D eigenvalue weighted by molar-refractivity contribution is -0.385. The van der Waals surface area contributed by atoms with E-state index in [-0.39, 0.29) is 5.69 Å². The molecule has 0 fully saturated rings. The topological polar surface area (TPSA) is 81.8 Å². The summed E-state index contributed by atoms with van der Waals surface area (Å²) >= 11 is 0. The van der Waals surface area contributed by atoms with Gasteiger partial charge in [0.05, 0.1) is 19.1 Å². The minimum absolute atomic E-state index is 0.0629. The Labute approximate surface area is 121 Å². The lowest BCUT2D eigenvalue weighted by atomic mass is 10.0. The molecule has 6 heteroatoms. The first-order valence-electron chi connectivity index (χ1n) is 6.21. The van der Waals surface area contributed by atoms with E-state index in [2.05, 4.69) is 0 Å². The molecular formula is C15H15NO5. The number of nitro benzene ring substituents is 1. The Balaban J connectivity index is 2.37. The summed E-state index contributed by atoms with van der Waals surface area (Å²) in [6, 6.07) is 10.9. The molecule has 6 nitrogen and oxygen atoms in total. The molecule has 0 aliphatic rings. The van der Waals surface area contributed by atoms with Crippen LogP contribution in [-0.2, 0) is 0 Å². The molecule has 1 atom stereocenters. The van der Waals surface area contributed by atoms with Crippen LogP contribution in [0.3, 0.4) is 0 Å². The first-order chi connectivity index (χ1) is 10.1. The molecule has 0 saturated carbocycles. The molecule has 21 heavy (non-hydrogen) atoms. The lowest BCUT2D eigenvalue weighted by Gasteiger charge is -2.14. The number of non-ortho nitro benzene ring substituents is 1. The summed E-state index contributed by atoms with van der Waals surface area (Å²) in [7, 11) is 3.02. The van der Waals surface area contributed by atoms with Gasteiger partial charge in [-0.05, 0) is 23.3 Å². The number of benzene rings is 2. The highest BCUT2D eigenvalue weighted by atomic mass is 16.6. The Kier molecular flexibility index (Phi) is 4.39. The molecule has 0 aromatic heterocycles. The van der Waals surface area contributed by atoms with Gasteiger partial charge in [0, 0.05) is 12.1 Å². The smallest absolute Gasteiger partial charge is 0.269 e. The number of hydrogen-bond acceptors (Lipinski definition) is 5. The number of aliphatic hydroxyl groups excluding tert-OH is 1. The summed E-state index contributed by atoms with van der Waals surface area (Å²) in [5.41, 5.74) is 0.941. The SMILES string of the molecule is COc1ccc([C@@H](O)c2cccc([N+](=O)[O-])c2)cc1OC. The maximum atomic E-state index is 10.8. The van der Waals surface area contributed by atoms with E-state index in [1.54, 1.807) is 24.3 Å². The van der Waals surface area contributed by atoms with Crippen LogP contribution in [0.5, 0.6) is 11.5 Å². The molecule has 0 radical (unpaired) electrons. The lowest BCUT2D eigenvalue weighted by Crippen LogP contribution is -2.02. The van der Waals surface area contributed by atoms with Gasteiger partial charge in [0.15, 0.2) is 11.5 Å². The highest BCUT2D eigenvalue weighted by molar-refractivity contribution is 5.46. The van der Waals surface area contributed by atoms with Gasteiger partial charge < -0.3 is 14.6 Å². The van der Waals surface area contributed by atoms with Crippen molar-refractivity contribution in [3.63, 3.8) is 0 Å². The van der Waals surface area contributed by atoms with Crippen molar-refractivity contribution in [2.24, 2.45) is 0 Å². The van der Waals surface area contributed by atoms with E-state index < -0.39 is 11.0 Å². The van der Waals surface area contributed by atoms with E-state index in [1.807, 2.05) is 0 Å². The van der Waals surface area contributed by atoms with Gasteiger partial charge in [-0.2, -0.15) is 0 Å². The van der Waals surface area contributed by atoms with E-state index in [0.29, 0.717) is 22.6 Å². The second kappa shape index (κ2) is 6.23. The first kappa shape index (κ1) is 14.8. The number of nitro groups is 1. The van der Waals surface area contributed by atoms with Gasteiger partial charge in [0.25, 0.3) is 5.69 Å². The van der Waals surface area contributed by atoms with E-state index in [9.17, 15) is 15.2 Å².